The van der Waals surface area contributed by atoms with Crippen molar-refractivity contribution >= 4 is 29.9 Å². The number of amides is 2. The van der Waals surface area contributed by atoms with Gasteiger partial charge >= 0.3 is 0 Å². The minimum atomic E-state index is -0.0687. The van der Waals surface area contributed by atoms with Crippen LogP contribution in [-0.2, 0) is 4.79 Å². The maximum atomic E-state index is 12.4. The van der Waals surface area contributed by atoms with Crippen LogP contribution in [0.5, 0.6) is 0 Å². The summed E-state index contributed by atoms with van der Waals surface area (Å²) in [7, 11) is 0. The van der Waals surface area contributed by atoms with Gasteiger partial charge in [0.1, 0.15) is 0 Å². The van der Waals surface area contributed by atoms with Crippen molar-refractivity contribution < 1.29 is 9.59 Å². The topological polar surface area (TPSA) is 70.2 Å². The first-order valence-corrected chi connectivity index (χ1v) is 10.4. The highest BCUT2D eigenvalue weighted by atomic mass is 35.5. The number of hydrogen-bond donors (Lipinski definition) is 3. The van der Waals surface area contributed by atoms with Gasteiger partial charge < -0.3 is 16.0 Å². The minimum Gasteiger partial charge on any atom is -0.351 e. The van der Waals surface area contributed by atoms with Gasteiger partial charge in [0.15, 0.2) is 0 Å². The van der Waals surface area contributed by atoms with Gasteiger partial charge in [-0.2, -0.15) is 0 Å². The summed E-state index contributed by atoms with van der Waals surface area (Å²) in [6.45, 7) is 7.38. The zero-order valence-electron chi connectivity index (χ0n) is 17.5. The Morgan fingerprint density at radius 3 is 2.36 bits per heavy atom. The Kier molecular flexibility index (Phi) is 11.2. The van der Waals surface area contributed by atoms with E-state index in [2.05, 4.69) is 16.0 Å². The molecule has 0 bridgehead atoms. The van der Waals surface area contributed by atoms with Gasteiger partial charge in [0.05, 0.1) is 0 Å². The quantitative estimate of drug-likeness (QED) is 0.439. The van der Waals surface area contributed by atoms with Crippen LogP contribution in [0.3, 0.4) is 0 Å². The first-order valence-electron chi connectivity index (χ1n) is 10.4. The molecule has 1 aromatic carbocycles. The first kappa shape index (κ1) is 24.4. The third kappa shape index (κ3) is 8.61. The summed E-state index contributed by atoms with van der Waals surface area (Å²) in [5.74, 6) is 0.262. The van der Waals surface area contributed by atoms with Gasteiger partial charge in [-0.15, -0.1) is 12.4 Å². The van der Waals surface area contributed by atoms with Crippen LogP contribution in [0.4, 0.5) is 5.69 Å². The predicted molar refractivity (Wildman–Crippen MR) is 118 cm³/mol. The molecule has 28 heavy (non-hydrogen) atoms. The SMILES string of the molecule is Cc1cc(C(=O)NCCNC2CCCCCC2)ccc1NC(=O)CC(C)C.Cl. The molecule has 1 fully saturated rings. The van der Waals surface area contributed by atoms with E-state index in [0.29, 0.717) is 30.5 Å². The second kappa shape index (κ2) is 12.8. The van der Waals surface area contributed by atoms with Crippen molar-refractivity contribution in [2.24, 2.45) is 5.92 Å². The largest absolute Gasteiger partial charge is 0.351 e. The van der Waals surface area contributed by atoms with Gasteiger partial charge in [0, 0.05) is 36.8 Å². The van der Waals surface area contributed by atoms with Gasteiger partial charge in [-0.3, -0.25) is 9.59 Å². The third-order valence-corrected chi connectivity index (χ3v) is 5.06. The number of rotatable bonds is 8. The fourth-order valence-electron chi connectivity index (χ4n) is 3.56. The number of anilines is 1. The summed E-state index contributed by atoms with van der Waals surface area (Å²) in [6, 6.07) is 6.01. The molecule has 0 heterocycles. The molecule has 0 aromatic heterocycles. The number of carbonyl (C=O) groups is 2. The Morgan fingerprint density at radius 1 is 1.07 bits per heavy atom. The number of aryl methyl sites for hydroxylation is 1. The maximum Gasteiger partial charge on any atom is 0.251 e. The van der Waals surface area contributed by atoms with Crippen LogP contribution in [-0.4, -0.2) is 30.9 Å². The van der Waals surface area contributed by atoms with E-state index in [1.807, 2.05) is 32.9 Å². The number of carbonyl (C=O) groups excluding carboxylic acids is 2. The van der Waals surface area contributed by atoms with Crippen LogP contribution in [0.15, 0.2) is 18.2 Å². The van der Waals surface area contributed by atoms with Crippen molar-refractivity contribution in [3.8, 4) is 0 Å². The second-order valence-electron chi connectivity index (χ2n) is 8.07. The molecule has 1 aromatic rings. The molecule has 1 saturated carbocycles. The molecule has 0 spiro atoms. The maximum absolute atomic E-state index is 12.4. The Bertz CT molecular complexity index is 626. The van der Waals surface area contributed by atoms with Gasteiger partial charge in [-0.05, 0) is 49.4 Å². The molecule has 3 N–H and O–H groups in total. The smallest absolute Gasteiger partial charge is 0.251 e. The molecular weight excluding hydrogens is 374 g/mol. The van der Waals surface area contributed by atoms with E-state index in [9.17, 15) is 9.59 Å². The van der Waals surface area contributed by atoms with Gasteiger partial charge in [0.25, 0.3) is 5.91 Å². The van der Waals surface area contributed by atoms with Crippen LogP contribution in [0, 0.1) is 12.8 Å². The summed E-state index contributed by atoms with van der Waals surface area (Å²) in [5.41, 5.74) is 2.30. The van der Waals surface area contributed by atoms with Crippen molar-refractivity contribution in [1.29, 1.82) is 0 Å². The molecule has 6 heteroatoms. The lowest BCUT2D eigenvalue weighted by Crippen LogP contribution is -2.36. The van der Waals surface area contributed by atoms with Crippen LogP contribution in [0.25, 0.3) is 0 Å². The molecule has 0 aliphatic heterocycles. The van der Waals surface area contributed by atoms with Gasteiger partial charge in [-0.25, -0.2) is 0 Å². The van der Waals surface area contributed by atoms with Gasteiger partial charge in [-0.1, -0.05) is 39.5 Å². The molecule has 2 rings (SSSR count). The van der Waals surface area contributed by atoms with Crippen molar-refractivity contribution in [3.63, 3.8) is 0 Å². The van der Waals surface area contributed by atoms with Crippen molar-refractivity contribution in [2.45, 2.75) is 71.8 Å². The Balaban J connectivity index is 0.00000392. The highest BCUT2D eigenvalue weighted by molar-refractivity contribution is 5.96. The van der Waals surface area contributed by atoms with Crippen molar-refractivity contribution in [2.75, 3.05) is 18.4 Å². The fraction of sp³-hybridized carbons (Fsp3) is 0.636. The number of nitrogens with one attached hydrogen (secondary N) is 3. The summed E-state index contributed by atoms with van der Waals surface area (Å²) < 4.78 is 0. The fourth-order valence-corrected chi connectivity index (χ4v) is 3.56. The van der Waals surface area contributed by atoms with E-state index in [4.69, 9.17) is 0 Å². The molecule has 1 aliphatic carbocycles. The lowest BCUT2D eigenvalue weighted by Gasteiger charge is -2.16. The monoisotopic (exact) mass is 409 g/mol. The average molecular weight is 410 g/mol. The predicted octanol–water partition coefficient (Wildman–Crippen LogP) is 4.44. The highest BCUT2D eigenvalue weighted by Gasteiger charge is 2.12. The van der Waals surface area contributed by atoms with E-state index in [1.54, 1.807) is 6.07 Å². The number of hydrogen-bond acceptors (Lipinski definition) is 3. The van der Waals surface area contributed by atoms with Crippen molar-refractivity contribution in [3.05, 3.63) is 29.3 Å². The number of halogens is 1. The average Bonchev–Trinajstić information content (AvgIpc) is 2.88. The minimum absolute atomic E-state index is 0. The van der Waals surface area contributed by atoms with E-state index in [-0.39, 0.29) is 24.2 Å². The van der Waals surface area contributed by atoms with E-state index >= 15 is 0 Å². The Labute approximate surface area is 175 Å². The summed E-state index contributed by atoms with van der Waals surface area (Å²) in [5, 5.41) is 9.46. The lowest BCUT2D eigenvalue weighted by atomic mass is 10.1. The zero-order valence-corrected chi connectivity index (χ0v) is 18.3. The standard InChI is InChI=1S/C22H35N3O2.ClH/c1-16(2)14-21(26)25-20-11-10-18(15-17(20)3)22(27)24-13-12-23-19-8-6-4-5-7-9-19;/h10-11,15-16,19,23H,4-9,12-14H2,1-3H3,(H,24,27)(H,25,26);1H. The normalized spacial score (nSPS) is 14.9. The summed E-state index contributed by atoms with van der Waals surface area (Å²) in [6.07, 6.45) is 8.31. The Morgan fingerprint density at radius 2 is 1.75 bits per heavy atom. The van der Waals surface area contributed by atoms with Gasteiger partial charge in [0.2, 0.25) is 5.91 Å². The lowest BCUT2D eigenvalue weighted by molar-refractivity contribution is -0.116. The first-order chi connectivity index (χ1) is 13.0. The molecule has 1 aliphatic rings. The summed E-state index contributed by atoms with van der Waals surface area (Å²) in [4.78, 5) is 24.3. The zero-order chi connectivity index (χ0) is 19.6. The second-order valence-corrected chi connectivity index (χ2v) is 8.07. The molecular formula is C22H36ClN3O2. The van der Waals surface area contributed by atoms with E-state index in [0.717, 1.165) is 17.8 Å². The molecule has 2 amide bonds. The molecule has 0 unspecified atom stereocenters. The Hall–Kier alpha value is -1.59. The molecule has 0 atom stereocenters. The third-order valence-electron chi connectivity index (χ3n) is 5.06. The summed E-state index contributed by atoms with van der Waals surface area (Å²) >= 11 is 0. The van der Waals surface area contributed by atoms with Crippen LogP contribution >= 0.6 is 12.4 Å². The van der Waals surface area contributed by atoms with Crippen LogP contribution in [0.1, 0.15) is 74.7 Å². The molecule has 0 radical (unpaired) electrons. The van der Waals surface area contributed by atoms with Crippen LogP contribution < -0.4 is 16.0 Å². The highest BCUT2D eigenvalue weighted by Crippen LogP contribution is 2.18. The number of benzene rings is 1. The van der Waals surface area contributed by atoms with Crippen molar-refractivity contribution in [1.82, 2.24) is 10.6 Å². The van der Waals surface area contributed by atoms with E-state index < -0.39 is 0 Å². The molecule has 5 nitrogen and oxygen atoms in total. The molecule has 0 saturated heterocycles. The van der Waals surface area contributed by atoms with Crippen LogP contribution in [0.2, 0.25) is 0 Å². The van der Waals surface area contributed by atoms with E-state index in [1.165, 1.54) is 38.5 Å². The molecule has 158 valence electrons.